The summed E-state index contributed by atoms with van der Waals surface area (Å²) < 4.78 is 2.82. The van der Waals surface area contributed by atoms with Gasteiger partial charge in [-0.2, -0.15) is 0 Å². The van der Waals surface area contributed by atoms with Crippen LogP contribution in [0.5, 0.6) is 0 Å². The summed E-state index contributed by atoms with van der Waals surface area (Å²) in [5.74, 6) is 0.819. The number of hydrogen-bond donors (Lipinski definition) is 1. The lowest BCUT2D eigenvalue weighted by Crippen LogP contribution is -2.06. The van der Waals surface area contributed by atoms with Crippen molar-refractivity contribution in [2.45, 2.75) is 0 Å². The van der Waals surface area contributed by atoms with Gasteiger partial charge in [0.1, 0.15) is 5.82 Å². The second-order valence-corrected chi connectivity index (χ2v) is 3.48. The highest BCUT2D eigenvalue weighted by Crippen LogP contribution is 2.10. The molecule has 2 aromatic heterocycles. The Balaban J connectivity index is 2.15. The van der Waals surface area contributed by atoms with Gasteiger partial charge in [-0.25, -0.2) is 4.98 Å². The molecule has 1 N–H and O–H groups in total. The first-order valence-corrected chi connectivity index (χ1v) is 4.65. The van der Waals surface area contributed by atoms with Crippen LogP contribution in [-0.2, 0) is 0 Å². The van der Waals surface area contributed by atoms with Gasteiger partial charge in [0.2, 0.25) is 0 Å². The molecule has 0 fully saturated rings. The number of pyridine rings is 1. The third kappa shape index (κ3) is 2.09. The third-order valence-corrected chi connectivity index (χ3v) is 2.04. The predicted molar refractivity (Wildman–Crippen MR) is 55.4 cm³/mol. The Bertz CT molecular complexity index is 366. The summed E-state index contributed by atoms with van der Waals surface area (Å²) in [6.45, 7) is 0. The molecule has 0 bridgehead atoms. The van der Waals surface area contributed by atoms with Gasteiger partial charge in [0.15, 0.2) is 0 Å². The van der Waals surface area contributed by atoms with Crippen LogP contribution in [0, 0.1) is 0 Å². The standard InChI is InChI=1S/C9H8BrN3/c10-8-3-4-9(11-7-8)12-13-5-1-2-6-13/h1-7H,(H,11,12). The summed E-state index contributed by atoms with van der Waals surface area (Å²) in [5, 5.41) is 0. The van der Waals surface area contributed by atoms with E-state index in [1.165, 1.54) is 0 Å². The van der Waals surface area contributed by atoms with Crippen molar-refractivity contribution in [1.29, 1.82) is 0 Å². The second-order valence-electron chi connectivity index (χ2n) is 2.56. The first kappa shape index (κ1) is 8.31. The minimum atomic E-state index is 0.819. The molecular formula is C9H8BrN3. The van der Waals surface area contributed by atoms with Gasteiger partial charge in [0.05, 0.1) is 0 Å². The lowest BCUT2D eigenvalue weighted by Gasteiger charge is -2.05. The lowest BCUT2D eigenvalue weighted by molar-refractivity contribution is 0.952. The van der Waals surface area contributed by atoms with E-state index in [1.807, 2.05) is 41.3 Å². The van der Waals surface area contributed by atoms with E-state index in [1.54, 1.807) is 6.20 Å². The van der Waals surface area contributed by atoms with Crippen LogP contribution in [0.4, 0.5) is 5.82 Å². The fourth-order valence-electron chi connectivity index (χ4n) is 0.983. The van der Waals surface area contributed by atoms with Crippen LogP contribution in [-0.4, -0.2) is 9.66 Å². The molecule has 2 aromatic rings. The SMILES string of the molecule is Brc1ccc(Nn2cccc2)nc1. The van der Waals surface area contributed by atoms with Crippen molar-refractivity contribution >= 4 is 21.7 Å². The van der Waals surface area contributed by atoms with Gasteiger partial charge < -0.3 is 0 Å². The highest BCUT2D eigenvalue weighted by molar-refractivity contribution is 9.10. The molecule has 0 amide bonds. The van der Waals surface area contributed by atoms with Crippen LogP contribution in [0.3, 0.4) is 0 Å². The van der Waals surface area contributed by atoms with Crippen LogP contribution in [0.1, 0.15) is 0 Å². The molecule has 0 aromatic carbocycles. The molecule has 0 spiro atoms. The average Bonchev–Trinajstić information content (AvgIpc) is 2.62. The van der Waals surface area contributed by atoms with E-state index >= 15 is 0 Å². The van der Waals surface area contributed by atoms with Crippen molar-refractivity contribution in [2.75, 3.05) is 5.43 Å². The largest absolute Gasteiger partial charge is 0.278 e. The molecular weight excluding hydrogens is 230 g/mol. The van der Waals surface area contributed by atoms with Gasteiger partial charge in [-0.15, -0.1) is 0 Å². The van der Waals surface area contributed by atoms with Gasteiger partial charge in [-0.3, -0.25) is 10.1 Å². The van der Waals surface area contributed by atoms with Crippen LogP contribution in [0.25, 0.3) is 0 Å². The van der Waals surface area contributed by atoms with Crippen LogP contribution in [0.15, 0.2) is 47.3 Å². The number of halogens is 1. The Hall–Kier alpha value is -1.29. The van der Waals surface area contributed by atoms with E-state index in [4.69, 9.17) is 0 Å². The molecule has 0 saturated carbocycles. The zero-order valence-electron chi connectivity index (χ0n) is 6.81. The van der Waals surface area contributed by atoms with Crippen molar-refractivity contribution in [3.05, 3.63) is 47.3 Å². The van der Waals surface area contributed by atoms with Crippen LogP contribution < -0.4 is 5.43 Å². The number of anilines is 1. The summed E-state index contributed by atoms with van der Waals surface area (Å²) >= 11 is 3.33. The van der Waals surface area contributed by atoms with Gasteiger partial charge >= 0.3 is 0 Å². The predicted octanol–water partition coefficient (Wildman–Crippen LogP) is 2.52. The maximum atomic E-state index is 4.17. The summed E-state index contributed by atoms with van der Waals surface area (Å²) in [4.78, 5) is 4.17. The molecule has 13 heavy (non-hydrogen) atoms. The van der Waals surface area contributed by atoms with Crippen molar-refractivity contribution < 1.29 is 0 Å². The third-order valence-electron chi connectivity index (χ3n) is 1.58. The topological polar surface area (TPSA) is 29.9 Å². The van der Waals surface area contributed by atoms with E-state index < -0.39 is 0 Å². The maximum Gasteiger partial charge on any atom is 0.144 e. The lowest BCUT2D eigenvalue weighted by atomic mass is 10.5. The van der Waals surface area contributed by atoms with Crippen molar-refractivity contribution in [1.82, 2.24) is 9.66 Å². The quantitative estimate of drug-likeness (QED) is 0.871. The van der Waals surface area contributed by atoms with E-state index in [9.17, 15) is 0 Å². The highest BCUT2D eigenvalue weighted by atomic mass is 79.9. The second kappa shape index (κ2) is 3.62. The van der Waals surface area contributed by atoms with Crippen molar-refractivity contribution in [3.8, 4) is 0 Å². The summed E-state index contributed by atoms with van der Waals surface area (Å²) in [7, 11) is 0. The molecule has 2 heterocycles. The minimum Gasteiger partial charge on any atom is -0.278 e. The first-order valence-electron chi connectivity index (χ1n) is 3.86. The highest BCUT2D eigenvalue weighted by Gasteiger charge is 1.92. The molecule has 0 atom stereocenters. The zero-order chi connectivity index (χ0) is 9.10. The van der Waals surface area contributed by atoms with Gasteiger partial charge in [0, 0.05) is 23.1 Å². The molecule has 2 rings (SSSR count). The smallest absolute Gasteiger partial charge is 0.144 e. The molecule has 0 unspecified atom stereocenters. The zero-order valence-corrected chi connectivity index (χ0v) is 8.40. The summed E-state index contributed by atoms with van der Waals surface area (Å²) in [6.07, 6.45) is 5.60. The molecule has 0 aliphatic heterocycles. The average molecular weight is 238 g/mol. The number of hydrogen-bond acceptors (Lipinski definition) is 2. The molecule has 0 aliphatic carbocycles. The summed E-state index contributed by atoms with van der Waals surface area (Å²) in [6, 6.07) is 7.75. The molecule has 0 aliphatic rings. The minimum absolute atomic E-state index is 0.819. The molecule has 4 heteroatoms. The van der Waals surface area contributed by atoms with Crippen LogP contribution >= 0.6 is 15.9 Å². The molecule has 0 radical (unpaired) electrons. The Labute approximate surface area is 84.5 Å². The van der Waals surface area contributed by atoms with Gasteiger partial charge in [-0.1, -0.05) is 0 Å². The van der Waals surface area contributed by atoms with E-state index in [-0.39, 0.29) is 0 Å². The van der Waals surface area contributed by atoms with Gasteiger partial charge in [0.25, 0.3) is 0 Å². The number of rotatable bonds is 2. The Morgan fingerprint density at radius 2 is 2.00 bits per heavy atom. The van der Waals surface area contributed by atoms with E-state index in [0.29, 0.717) is 0 Å². The molecule has 3 nitrogen and oxygen atoms in total. The van der Waals surface area contributed by atoms with E-state index in [2.05, 4.69) is 26.3 Å². The number of nitrogens with one attached hydrogen (secondary N) is 1. The first-order chi connectivity index (χ1) is 6.34. The fourth-order valence-corrected chi connectivity index (χ4v) is 1.22. The van der Waals surface area contributed by atoms with Crippen molar-refractivity contribution in [2.24, 2.45) is 0 Å². The number of aromatic nitrogens is 2. The fraction of sp³-hybridized carbons (Fsp3) is 0. The summed E-state index contributed by atoms with van der Waals surface area (Å²) in [5.41, 5.74) is 3.10. The number of nitrogens with zero attached hydrogens (tertiary/aromatic N) is 2. The van der Waals surface area contributed by atoms with Crippen molar-refractivity contribution in [3.63, 3.8) is 0 Å². The molecule has 0 saturated heterocycles. The van der Waals surface area contributed by atoms with E-state index in [0.717, 1.165) is 10.3 Å². The Morgan fingerprint density at radius 3 is 2.62 bits per heavy atom. The molecule has 66 valence electrons. The van der Waals surface area contributed by atoms with Gasteiger partial charge in [-0.05, 0) is 40.2 Å². The Kier molecular flexibility index (Phi) is 2.31. The maximum absolute atomic E-state index is 4.17. The monoisotopic (exact) mass is 237 g/mol. The normalized spacial score (nSPS) is 9.92. The Morgan fingerprint density at radius 1 is 1.23 bits per heavy atom. The van der Waals surface area contributed by atoms with Crippen LogP contribution in [0.2, 0.25) is 0 Å².